The SMILES string of the molecule is C=C(CN(C)CC=CC#CC(C)(C)C)c1cccc(N)c1. The van der Waals surface area contributed by atoms with Crippen molar-refractivity contribution in [2.45, 2.75) is 20.8 Å². The molecule has 0 aromatic heterocycles. The van der Waals surface area contributed by atoms with Crippen LogP contribution in [0.3, 0.4) is 0 Å². The molecule has 0 aliphatic carbocycles. The predicted molar refractivity (Wildman–Crippen MR) is 93.8 cm³/mol. The van der Waals surface area contributed by atoms with Crippen LogP contribution in [0.5, 0.6) is 0 Å². The van der Waals surface area contributed by atoms with E-state index < -0.39 is 0 Å². The number of nitrogen functional groups attached to an aromatic ring is 1. The third-order valence-electron chi connectivity index (χ3n) is 2.82. The molecule has 2 heteroatoms. The molecule has 1 aromatic carbocycles. The van der Waals surface area contributed by atoms with Crippen molar-refractivity contribution in [1.82, 2.24) is 4.90 Å². The van der Waals surface area contributed by atoms with Crippen molar-refractivity contribution >= 4 is 11.3 Å². The maximum Gasteiger partial charge on any atom is 0.0320 e. The molecule has 0 aliphatic heterocycles. The van der Waals surface area contributed by atoms with Crippen LogP contribution in [-0.4, -0.2) is 25.0 Å². The van der Waals surface area contributed by atoms with Crippen molar-refractivity contribution < 1.29 is 0 Å². The summed E-state index contributed by atoms with van der Waals surface area (Å²) in [6.45, 7) is 12.1. The van der Waals surface area contributed by atoms with Crippen LogP contribution >= 0.6 is 0 Å². The molecule has 0 aliphatic rings. The van der Waals surface area contributed by atoms with Crippen LogP contribution in [0.25, 0.3) is 5.57 Å². The Morgan fingerprint density at radius 1 is 1.38 bits per heavy atom. The highest BCUT2D eigenvalue weighted by molar-refractivity contribution is 5.67. The first kappa shape index (κ1) is 17.1. The topological polar surface area (TPSA) is 29.3 Å². The third-order valence-corrected chi connectivity index (χ3v) is 2.82. The van der Waals surface area contributed by atoms with E-state index in [1.165, 1.54) is 0 Å². The van der Waals surface area contributed by atoms with Gasteiger partial charge in [0.25, 0.3) is 0 Å². The Bertz CT molecular complexity index is 565. The van der Waals surface area contributed by atoms with Crippen LogP contribution in [0, 0.1) is 17.3 Å². The summed E-state index contributed by atoms with van der Waals surface area (Å²) in [5, 5.41) is 0. The molecule has 0 radical (unpaired) electrons. The van der Waals surface area contributed by atoms with E-state index in [0.29, 0.717) is 0 Å². The van der Waals surface area contributed by atoms with Gasteiger partial charge in [-0.1, -0.05) is 36.6 Å². The van der Waals surface area contributed by atoms with E-state index >= 15 is 0 Å². The lowest BCUT2D eigenvalue weighted by Crippen LogP contribution is -2.20. The zero-order valence-electron chi connectivity index (χ0n) is 13.6. The van der Waals surface area contributed by atoms with Crippen molar-refractivity contribution in [3.8, 4) is 11.8 Å². The summed E-state index contributed by atoms with van der Waals surface area (Å²) in [6, 6.07) is 7.84. The van der Waals surface area contributed by atoms with Gasteiger partial charge in [-0.25, -0.2) is 0 Å². The van der Waals surface area contributed by atoms with Crippen molar-refractivity contribution in [3.63, 3.8) is 0 Å². The molecule has 0 bridgehead atoms. The van der Waals surface area contributed by atoms with Crippen molar-refractivity contribution in [1.29, 1.82) is 0 Å². The summed E-state index contributed by atoms with van der Waals surface area (Å²) in [5.41, 5.74) is 8.78. The lowest BCUT2D eigenvalue weighted by atomic mass is 9.98. The second kappa shape index (κ2) is 7.71. The van der Waals surface area contributed by atoms with Crippen LogP contribution in [0.2, 0.25) is 0 Å². The number of likely N-dealkylation sites (N-methyl/N-ethyl adjacent to an activating group) is 1. The lowest BCUT2D eigenvalue weighted by Gasteiger charge is -2.16. The quantitative estimate of drug-likeness (QED) is 0.657. The van der Waals surface area contributed by atoms with E-state index in [0.717, 1.165) is 29.9 Å². The van der Waals surface area contributed by atoms with Crippen LogP contribution in [0.4, 0.5) is 5.69 Å². The van der Waals surface area contributed by atoms with Crippen molar-refractivity contribution in [3.05, 3.63) is 48.6 Å². The summed E-state index contributed by atoms with van der Waals surface area (Å²) in [7, 11) is 2.07. The van der Waals surface area contributed by atoms with Crippen molar-refractivity contribution in [2.75, 3.05) is 25.9 Å². The molecule has 0 saturated heterocycles. The van der Waals surface area contributed by atoms with Crippen molar-refractivity contribution in [2.24, 2.45) is 5.41 Å². The Kier molecular flexibility index (Phi) is 6.27. The van der Waals surface area contributed by atoms with E-state index in [9.17, 15) is 0 Å². The van der Waals surface area contributed by atoms with Gasteiger partial charge in [0.15, 0.2) is 0 Å². The maximum absolute atomic E-state index is 5.79. The highest BCUT2D eigenvalue weighted by atomic mass is 15.1. The summed E-state index contributed by atoms with van der Waals surface area (Å²) in [6.07, 6.45) is 4.00. The Balaban J connectivity index is 2.46. The largest absolute Gasteiger partial charge is 0.399 e. The first-order valence-corrected chi connectivity index (χ1v) is 7.18. The molecule has 0 saturated carbocycles. The maximum atomic E-state index is 5.79. The minimum Gasteiger partial charge on any atom is -0.399 e. The predicted octanol–water partition coefficient (Wildman–Crippen LogP) is 3.82. The number of allylic oxidation sites excluding steroid dienone is 1. The van der Waals surface area contributed by atoms with Gasteiger partial charge in [-0.15, -0.1) is 0 Å². The molecule has 0 unspecified atom stereocenters. The summed E-state index contributed by atoms with van der Waals surface area (Å²) in [4.78, 5) is 2.20. The third kappa shape index (κ3) is 7.39. The van der Waals surface area contributed by atoms with Gasteiger partial charge in [-0.2, -0.15) is 0 Å². The smallest absolute Gasteiger partial charge is 0.0320 e. The van der Waals surface area contributed by atoms with Crippen LogP contribution in [0.15, 0.2) is 43.0 Å². The van der Waals surface area contributed by atoms with Gasteiger partial charge in [0.2, 0.25) is 0 Å². The Morgan fingerprint density at radius 2 is 2.10 bits per heavy atom. The van der Waals surface area contributed by atoms with Gasteiger partial charge in [0.1, 0.15) is 0 Å². The van der Waals surface area contributed by atoms with E-state index in [-0.39, 0.29) is 5.41 Å². The van der Waals surface area contributed by atoms with Crippen LogP contribution in [0.1, 0.15) is 26.3 Å². The number of nitrogens with zero attached hydrogens (tertiary/aromatic N) is 1. The van der Waals surface area contributed by atoms with Crippen LogP contribution < -0.4 is 5.73 Å². The molecular weight excluding hydrogens is 256 g/mol. The zero-order valence-corrected chi connectivity index (χ0v) is 13.6. The molecule has 21 heavy (non-hydrogen) atoms. The molecule has 2 nitrogen and oxygen atoms in total. The molecule has 0 heterocycles. The summed E-state index contributed by atoms with van der Waals surface area (Å²) < 4.78 is 0. The lowest BCUT2D eigenvalue weighted by molar-refractivity contribution is 0.419. The second-order valence-electron chi connectivity index (χ2n) is 6.35. The highest BCUT2D eigenvalue weighted by Gasteiger charge is 2.03. The van der Waals surface area contributed by atoms with Gasteiger partial charge in [0, 0.05) is 24.2 Å². The van der Waals surface area contributed by atoms with Gasteiger partial charge >= 0.3 is 0 Å². The van der Waals surface area contributed by atoms with E-state index in [1.807, 2.05) is 30.3 Å². The zero-order chi connectivity index (χ0) is 15.9. The van der Waals surface area contributed by atoms with E-state index in [2.05, 4.69) is 57.2 Å². The highest BCUT2D eigenvalue weighted by Crippen LogP contribution is 2.16. The number of nitrogens with two attached hydrogens (primary N) is 1. The molecule has 0 atom stereocenters. The van der Waals surface area contributed by atoms with Gasteiger partial charge in [-0.05, 0) is 57.2 Å². The molecule has 0 spiro atoms. The fourth-order valence-electron chi connectivity index (χ4n) is 1.79. The number of hydrogen-bond donors (Lipinski definition) is 1. The average Bonchev–Trinajstić information content (AvgIpc) is 2.36. The summed E-state index contributed by atoms with van der Waals surface area (Å²) in [5.74, 6) is 6.26. The van der Waals surface area contributed by atoms with E-state index in [4.69, 9.17) is 5.73 Å². The number of rotatable bonds is 5. The molecule has 1 aromatic rings. The number of anilines is 1. The number of hydrogen-bond acceptors (Lipinski definition) is 2. The number of benzene rings is 1. The monoisotopic (exact) mass is 282 g/mol. The standard InChI is InChI=1S/C19H26N2/c1-16(17-10-9-11-18(20)14-17)15-21(5)13-8-6-7-12-19(2,3)4/h6,8-11,14H,1,13,15,20H2,2-5H3. The minimum absolute atomic E-state index is 0.0533. The summed E-state index contributed by atoms with van der Waals surface area (Å²) >= 11 is 0. The van der Waals surface area contributed by atoms with E-state index in [1.54, 1.807) is 0 Å². The fourth-order valence-corrected chi connectivity index (χ4v) is 1.79. The first-order valence-electron chi connectivity index (χ1n) is 7.18. The fraction of sp³-hybridized carbons (Fsp3) is 0.368. The molecule has 1 rings (SSSR count). The normalized spacial score (nSPS) is 11.5. The Hall–Kier alpha value is -1.98. The Morgan fingerprint density at radius 3 is 2.71 bits per heavy atom. The minimum atomic E-state index is 0.0533. The Labute approximate surface area is 129 Å². The first-order chi connectivity index (χ1) is 9.78. The molecular formula is C19H26N2. The molecule has 112 valence electrons. The molecule has 0 fully saturated rings. The van der Waals surface area contributed by atoms with Crippen LogP contribution in [-0.2, 0) is 0 Å². The molecule has 0 amide bonds. The van der Waals surface area contributed by atoms with Gasteiger partial charge in [0.05, 0.1) is 0 Å². The van der Waals surface area contributed by atoms with Gasteiger partial charge < -0.3 is 5.73 Å². The average molecular weight is 282 g/mol. The second-order valence-corrected chi connectivity index (χ2v) is 6.35. The molecule has 2 N–H and O–H groups in total. The van der Waals surface area contributed by atoms with Gasteiger partial charge in [-0.3, -0.25) is 4.90 Å².